The molecule has 0 bridgehead atoms. The second kappa shape index (κ2) is 6.53. The van der Waals surface area contributed by atoms with Gasteiger partial charge in [-0.15, -0.1) is 0 Å². The van der Waals surface area contributed by atoms with E-state index in [0.29, 0.717) is 6.04 Å². The first-order valence-corrected chi connectivity index (χ1v) is 5.41. The molecule has 0 N–H and O–H groups in total. The molecule has 0 aliphatic carbocycles. The normalized spacial score (nSPS) is 13.3. The first-order valence-electron chi connectivity index (χ1n) is 5.41. The van der Waals surface area contributed by atoms with E-state index in [4.69, 9.17) is 4.42 Å². The first kappa shape index (κ1) is 15.0. The summed E-state index contributed by atoms with van der Waals surface area (Å²) < 4.78 is 6.41. The molecule has 88 valence electrons. The molecule has 1 aromatic heterocycles. The molecule has 0 aromatic carbocycles. The van der Waals surface area contributed by atoms with E-state index < -0.39 is 0 Å². The van der Waals surface area contributed by atoms with Gasteiger partial charge in [-0.25, -0.2) is 0 Å². The van der Waals surface area contributed by atoms with Crippen molar-refractivity contribution in [3.05, 3.63) is 24.2 Å². The average molecular weight is 323 g/mol. The molecule has 15 heavy (non-hydrogen) atoms. The molecule has 3 heteroatoms. The third-order valence-corrected chi connectivity index (χ3v) is 3.40. The Kier molecular flexibility index (Phi) is 6.52. The summed E-state index contributed by atoms with van der Waals surface area (Å²) in [6.07, 6.45) is 3.99. The van der Waals surface area contributed by atoms with Crippen LogP contribution in [-0.2, 0) is 6.42 Å². The predicted molar refractivity (Wildman–Crippen MR) is 59.1 cm³/mol. The SMILES string of the molecule is CC[N+](C)(C)C(C)CCc1ccco1.[I-]. The van der Waals surface area contributed by atoms with Crippen LogP contribution in [0.1, 0.15) is 26.0 Å². The van der Waals surface area contributed by atoms with E-state index in [1.54, 1.807) is 6.26 Å². The molecule has 0 saturated heterocycles. The Bertz CT molecular complexity index is 257. The largest absolute Gasteiger partial charge is 1.00 e. The summed E-state index contributed by atoms with van der Waals surface area (Å²) in [5, 5.41) is 0. The molecule has 0 amide bonds. The first-order chi connectivity index (χ1) is 6.56. The summed E-state index contributed by atoms with van der Waals surface area (Å²) in [6.45, 7) is 5.73. The molecular formula is C12H22INO. The van der Waals surface area contributed by atoms with Crippen molar-refractivity contribution in [2.24, 2.45) is 0 Å². The Morgan fingerprint density at radius 2 is 2.07 bits per heavy atom. The van der Waals surface area contributed by atoms with Crippen molar-refractivity contribution in [1.82, 2.24) is 0 Å². The molecule has 1 rings (SSSR count). The van der Waals surface area contributed by atoms with Gasteiger partial charge in [0.1, 0.15) is 5.76 Å². The van der Waals surface area contributed by atoms with Gasteiger partial charge in [-0.05, 0) is 26.0 Å². The highest BCUT2D eigenvalue weighted by Crippen LogP contribution is 2.13. The lowest BCUT2D eigenvalue weighted by Gasteiger charge is -2.35. The van der Waals surface area contributed by atoms with Crippen molar-refractivity contribution >= 4 is 0 Å². The summed E-state index contributed by atoms with van der Waals surface area (Å²) in [6, 6.07) is 4.70. The maximum atomic E-state index is 5.32. The van der Waals surface area contributed by atoms with Crippen molar-refractivity contribution in [1.29, 1.82) is 0 Å². The fourth-order valence-electron chi connectivity index (χ4n) is 1.47. The average Bonchev–Trinajstić information content (AvgIpc) is 2.66. The number of quaternary nitrogens is 1. The van der Waals surface area contributed by atoms with E-state index in [1.165, 1.54) is 13.0 Å². The van der Waals surface area contributed by atoms with Crippen molar-refractivity contribution in [2.45, 2.75) is 32.7 Å². The molecule has 0 spiro atoms. The molecule has 0 aliphatic heterocycles. The standard InChI is InChI=1S/C12H22NO.HI/c1-5-13(3,4)11(2)8-9-12-7-6-10-14-12;/h6-7,10-11H,5,8-9H2,1-4H3;1H/q+1;/p-1. The van der Waals surface area contributed by atoms with Gasteiger partial charge >= 0.3 is 0 Å². The topological polar surface area (TPSA) is 13.1 Å². The van der Waals surface area contributed by atoms with Gasteiger partial charge < -0.3 is 32.9 Å². The number of rotatable bonds is 5. The number of halogens is 1. The van der Waals surface area contributed by atoms with Gasteiger partial charge in [0, 0.05) is 12.8 Å². The summed E-state index contributed by atoms with van der Waals surface area (Å²) in [4.78, 5) is 0. The zero-order valence-electron chi connectivity index (χ0n) is 10.2. The van der Waals surface area contributed by atoms with Crippen LogP contribution < -0.4 is 24.0 Å². The highest BCUT2D eigenvalue weighted by atomic mass is 127. The van der Waals surface area contributed by atoms with Crippen molar-refractivity contribution in [2.75, 3.05) is 20.6 Å². The minimum absolute atomic E-state index is 0. The number of hydrogen-bond acceptors (Lipinski definition) is 1. The van der Waals surface area contributed by atoms with Gasteiger partial charge in [-0.1, -0.05) is 0 Å². The summed E-state index contributed by atoms with van der Waals surface area (Å²) >= 11 is 0. The van der Waals surface area contributed by atoms with Gasteiger partial charge in [0.15, 0.2) is 0 Å². The Hall–Kier alpha value is -0.0300. The zero-order chi connectivity index (χ0) is 10.6. The third-order valence-electron chi connectivity index (χ3n) is 3.40. The molecule has 0 aliphatic rings. The van der Waals surface area contributed by atoms with Gasteiger partial charge in [0.25, 0.3) is 0 Å². The lowest BCUT2D eigenvalue weighted by molar-refractivity contribution is -0.911. The quantitative estimate of drug-likeness (QED) is 0.536. The Labute approximate surface area is 110 Å². The zero-order valence-corrected chi connectivity index (χ0v) is 12.3. The van der Waals surface area contributed by atoms with E-state index in [-0.39, 0.29) is 24.0 Å². The molecular weight excluding hydrogens is 301 g/mol. The van der Waals surface area contributed by atoms with Crippen LogP contribution in [0.5, 0.6) is 0 Å². The van der Waals surface area contributed by atoms with Crippen LogP contribution in [0.3, 0.4) is 0 Å². The van der Waals surface area contributed by atoms with Gasteiger partial charge in [0.2, 0.25) is 0 Å². The highest BCUT2D eigenvalue weighted by molar-refractivity contribution is 4.98. The Morgan fingerprint density at radius 1 is 1.40 bits per heavy atom. The fraction of sp³-hybridized carbons (Fsp3) is 0.667. The van der Waals surface area contributed by atoms with E-state index in [1.807, 2.05) is 6.07 Å². The van der Waals surface area contributed by atoms with Crippen LogP contribution in [-0.4, -0.2) is 31.2 Å². The van der Waals surface area contributed by atoms with E-state index >= 15 is 0 Å². The highest BCUT2D eigenvalue weighted by Gasteiger charge is 2.21. The van der Waals surface area contributed by atoms with Crippen molar-refractivity contribution < 1.29 is 32.9 Å². The van der Waals surface area contributed by atoms with Crippen molar-refractivity contribution in [3.63, 3.8) is 0 Å². The van der Waals surface area contributed by atoms with Gasteiger partial charge in [-0.2, -0.15) is 0 Å². The second-order valence-electron chi connectivity index (χ2n) is 4.56. The van der Waals surface area contributed by atoms with Crippen LogP contribution >= 0.6 is 0 Å². The molecule has 0 saturated carbocycles. The molecule has 0 radical (unpaired) electrons. The molecule has 1 heterocycles. The second-order valence-corrected chi connectivity index (χ2v) is 4.56. The van der Waals surface area contributed by atoms with Crippen LogP contribution in [0.15, 0.2) is 22.8 Å². The van der Waals surface area contributed by atoms with Crippen LogP contribution in [0.25, 0.3) is 0 Å². The minimum atomic E-state index is 0. The summed E-state index contributed by atoms with van der Waals surface area (Å²) in [7, 11) is 4.57. The number of aryl methyl sites for hydroxylation is 1. The molecule has 2 nitrogen and oxygen atoms in total. The molecule has 1 atom stereocenters. The number of nitrogens with zero attached hydrogens (tertiary/aromatic N) is 1. The maximum absolute atomic E-state index is 5.32. The Balaban J connectivity index is 0.00000196. The molecule has 1 unspecified atom stereocenters. The van der Waals surface area contributed by atoms with E-state index in [2.05, 4.69) is 34.0 Å². The van der Waals surface area contributed by atoms with Crippen molar-refractivity contribution in [3.8, 4) is 0 Å². The Morgan fingerprint density at radius 3 is 2.53 bits per heavy atom. The van der Waals surface area contributed by atoms with Gasteiger partial charge in [-0.3, -0.25) is 0 Å². The smallest absolute Gasteiger partial charge is 0.103 e. The van der Waals surface area contributed by atoms with Crippen LogP contribution in [0, 0.1) is 0 Å². The number of hydrogen-bond donors (Lipinski definition) is 0. The molecule has 0 fully saturated rings. The molecule has 1 aromatic rings. The van der Waals surface area contributed by atoms with E-state index in [9.17, 15) is 0 Å². The number of furan rings is 1. The lowest BCUT2D eigenvalue weighted by Crippen LogP contribution is -3.00. The fourth-order valence-corrected chi connectivity index (χ4v) is 1.47. The summed E-state index contributed by atoms with van der Waals surface area (Å²) in [5.41, 5.74) is 0. The summed E-state index contributed by atoms with van der Waals surface area (Å²) in [5.74, 6) is 1.10. The maximum Gasteiger partial charge on any atom is 0.103 e. The van der Waals surface area contributed by atoms with Crippen LogP contribution in [0.2, 0.25) is 0 Å². The third kappa shape index (κ3) is 4.55. The van der Waals surface area contributed by atoms with E-state index in [0.717, 1.165) is 16.7 Å². The monoisotopic (exact) mass is 323 g/mol. The van der Waals surface area contributed by atoms with Crippen LogP contribution in [0.4, 0.5) is 0 Å². The van der Waals surface area contributed by atoms with Gasteiger partial charge in [0.05, 0.1) is 32.9 Å². The predicted octanol–water partition coefficient (Wildman–Crippen LogP) is -0.299. The lowest BCUT2D eigenvalue weighted by atomic mass is 10.1. The minimum Gasteiger partial charge on any atom is -1.00 e.